The molecule has 0 aliphatic heterocycles. The van der Waals surface area contributed by atoms with E-state index in [1.54, 1.807) is 0 Å². The van der Waals surface area contributed by atoms with E-state index in [0.717, 1.165) is 29.0 Å². The Labute approximate surface area is 136 Å². The largest absolute Gasteiger partial charge is 0.441 e. The molecule has 2 aromatic rings. The highest BCUT2D eigenvalue weighted by atomic mass is 16.5. The van der Waals surface area contributed by atoms with Gasteiger partial charge in [0.05, 0.1) is 0 Å². The second-order valence-corrected chi connectivity index (χ2v) is 6.08. The third kappa shape index (κ3) is 3.11. The molecule has 0 saturated carbocycles. The Morgan fingerprint density at radius 3 is 2.39 bits per heavy atom. The Morgan fingerprint density at radius 1 is 0.957 bits per heavy atom. The third-order valence-electron chi connectivity index (χ3n) is 4.25. The van der Waals surface area contributed by atoms with Crippen LogP contribution in [0, 0.1) is 0 Å². The lowest BCUT2D eigenvalue weighted by atomic mass is 10.1. The first-order valence-corrected chi connectivity index (χ1v) is 7.88. The van der Waals surface area contributed by atoms with Gasteiger partial charge in [0.1, 0.15) is 11.6 Å². The van der Waals surface area contributed by atoms with E-state index in [1.807, 2.05) is 49.3 Å². The minimum atomic E-state index is 0.364. The second kappa shape index (κ2) is 6.24. The van der Waals surface area contributed by atoms with Gasteiger partial charge in [-0.25, -0.2) is 0 Å². The number of rotatable bonds is 3. The van der Waals surface area contributed by atoms with Crippen molar-refractivity contribution in [2.75, 3.05) is 14.1 Å². The average Bonchev–Trinajstić information content (AvgIpc) is 3.01. The lowest BCUT2D eigenvalue weighted by Gasteiger charge is -2.13. The SMILES string of the molecule is CN(C)/C(N)=c1\cccc\c1=C(\N)Oc1ccc2c(c1)CCC2. The lowest BCUT2D eigenvalue weighted by molar-refractivity contribution is 0.496. The smallest absolute Gasteiger partial charge is 0.198 e. The van der Waals surface area contributed by atoms with Gasteiger partial charge >= 0.3 is 0 Å². The van der Waals surface area contributed by atoms with Crippen molar-refractivity contribution in [2.24, 2.45) is 11.5 Å². The van der Waals surface area contributed by atoms with E-state index in [-0.39, 0.29) is 0 Å². The Bertz CT molecular complexity index is 840. The quantitative estimate of drug-likeness (QED) is 0.883. The van der Waals surface area contributed by atoms with Gasteiger partial charge in [0.2, 0.25) is 0 Å². The molecule has 3 rings (SSSR count). The number of fused-ring (bicyclic) bond motifs is 1. The summed E-state index contributed by atoms with van der Waals surface area (Å²) in [6, 6.07) is 14.0. The van der Waals surface area contributed by atoms with Crippen molar-refractivity contribution in [3.63, 3.8) is 0 Å². The summed E-state index contributed by atoms with van der Waals surface area (Å²) in [7, 11) is 3.81. The van der Waals surface area contributed by atoms with Crippen LogP contribution in [0.1, 0.15) is 17.5 Å². The summed E-state index contributed by atoms with van der Waals surface area (Å²) < 4.78 is 5.90. The highest BCUT2D eigenvalue weighted by Crippen LogP contribution is 2.26. The molecule has 0 unspecified atom stereocenters. The van der Waals surface area contributed by atoms with Gasteiger partial charge in [-0.15, -0.1) is 0 Å². The fraction of sp³-hybridized carbons (Fsp3) is 0.263. The van der Waals surface area contributed by atoms with Crippen LogP contribution in [-0.2, 0) is 12.8 Å². The monoisotopic (exact) mass is 309 g/mol. The molecule has 1 aliphatic carbocycles. The molecule has 4 heteroatoms. The molecule has 0 atom stereocenters. The molecule has 0 saturated heterocycles. The molecule has 4 N–H and O–H groups in total. The number of ether oxygens (including phenoxy) is 1. The van der Waals surface area contributed by atoms with Crippen LogP contribution in [0.15, 0.2) is 42.5 Å². The van der Waals surface area contributed by atoms with E-state index in [9.17, 15) is 0 Å². The molecule has 0 aromatic heterocycles. The molecule has 0 radical (unpaired) electrons. The normalized spacial score (nSPS) is 15.7. The predicted octanol–water partition coefficient (Wildman–Crippen LogP) is 0.865. The van der Waals surface area contributed by atoms with Crippen LogP contribution in [0.4, 0.5) is 0 Å². The second-order valence-electron chi connectivity index (χ2n) is 6.08. The van der Waals surface area contributed by atoms with Crippen molar-refractivity contribution in [1.82, 2.24) is 4.90 Å². The molecular formula is C19H23N3O. The molecule has 0 amide bonds. The minimum Gasteiger partial charge on any atom is -0.441 e. The topological polar surface area (TPSA) is 64.5 Å². The van der Waals surface area contributed by atoms with Crippen molar-refractivity contribution >= 4 is 11.7 Å². The van der Waals surface area contributed by atoms with Crippen molar-refractivity contribution in [1.29, 1.82) is 0 Å². The number of aryl methyl sites for hydroxylation is 2. The summed E-state index contributed by atoms with van der Waals surface area (Å²) in [6.45, 7) is 0. The Kier molecular flexibility index (Phi) is 4.15. The molecule has 0 fully saturated rings. The van der Waals surface area contributed by atoms with Crippen molar-refractivity contribution in [2.45, 2.75) is 19.3 Å². The Morgan fingerprint density at radius 2 is 1.65 bits per heavy atom. The Hall–Kier alpha value is -2.62. The maximum atomic E-state index is 6.22. The molecular weight excluding hydrogens is 286 g/mol. The summed E-state index contributed by atoms with van der Waals surface area (Å²) in [5.41, 5.74) is 15.2. The standard InChI is InChI=1S/C19H23N3O/c1-22(2)18(20)16-8-3-4-9-17(16)19(21)23-15-11-10-13-6-5-7-14(13)12-15/h3-4,8-12H,5-7,20-21H2,1-2H3/b18-16+,19-17+. The fourth-order valence-electron chi connectivity index (χ4n) is 2.96. The van der Waals surface area contributed by atoms with Crippen LogP contribution in [0.25, 0.3) is 11.7 Å². The molecule has 23 heavy (non-hydrogen) atoms. The van der Waals surface area contributed by atoms with Gasteiger partial charge in [-0.05, 0) is 48.6 Å². The summed E-state index contributed by atoms with van der Waals surface area (Å²) >= 11 is 0. The maximum absolute atomic E-state index is 6.22. The molecule has 2 aromatic carbocycles. The van der Waals surface area contributed by atoms with Crippen molar-refractivity contribution in [3.05, 3.63) is 64.0 Å². The van der Waals surface area contributed by atoms with Gasteiger partial charge in [0.15, 0.2) is 5.88 Å². The van der Waals surface area contributed by atoms with Crippen molar-refractivity contribution < 1.29 is 4.74 Å². The maximum Gasteiger partial charge on any atom is 0.198 e. The summed E-state index contributed by atoms with van der Waals surface area (Å²) in [5.74, 6) is 1.80. The predicted molar refractivity (Wildman–Crippen MR) is 93.7 cm³/mol. The number of hydrogen-bond donors (Lipinski definition) is 2. The third-order valence-corrected chi connectivity index (χ3v) is 4.25. The van der Waals surface area contributed by atoms with Crippen LogP contribution in [0.3, 0.4) is 0 Å². The van der Waals surface area contributed by atoms with Gasteiger partial charge < -0.3 is 21.1 Å². The van der Waals surface area contributed by atoms with Crippen LogP contribution in [-0.4, -0.2) is 19.0 Å². The lowest BCUT2D eigenvalue weighted by Crippen LogP contribution is -2.38. The van der Waals surface area contributed by atoms with Gasteiger partial charge in [0, 0.05) is 24.5 Å². The van der Waals surface area contributed by atoms with Crippen molar-refractivity contribution in [3.8, 4) is 5.75 Å². The van der Waals surface area contributed by atoms with Crippen LogP contribution >= 0.6 is 0 Å². The number of nitrogens with two attached hydrogens (primary N) is 2. The zero-order valence-electron chi connectivity index (χ0n) is 13.7. The van der Waals surface area contributed by atoms with Crippen LogP contribution in [0.2, 0.25) is 0 Å². The van der Waals surface area contributed by atoms with Gasteiger partial charge in [-0.3, -0.25) is 0 Å². The molecule has 0 heterocycles. The number of hydrogen-bond acceptors (Lipinski definition) is 4. The number of nitrogens with zero attached hydrogens (tertiary/aromatic N) is 1. The van der Waals surface area contributed by atoms with E-state index >= 15 is 0 Å². The first-order chi connectivity index (χ1) is 11.1. The first kappa shape index (κ1) is 15.3. The van der Waals surface area contributed by atoms with E-state index < -0.39 is 0 Å². The van der Waals surface area contributed by atoms with Crippen LogP contribution < -0.4 is 26.6 Å². The molecule has 120 valence electrons. The van der Waals surface area contributed by atoms with E-state index in [2.05, 4.69) is 12.1 Å². The van der Waals surface area contributed by atoms with E-state index in [1.165, 1.54) is 17.5 Å². The zero-order chi connectivity index (χ0) is 16.4. The van der Waals surface area contributed by atoms with Gasteiger partial charge in [0.25, 0.3) is 0 Å². The summed E-state index contributed by atoms with van der Waals surface area (Å²) in [4.78, 5) is 1.86. The average molecular weight is 309 g/mol. The Balaban J connectivity index is 2.05. The highest BCUT2D eigenvalue weighted by molar-refractivity contribution is 5.47. The highest BCUT2D eigenvalue weighted by Gasteiger charge is 2.11. The molecule has 4 nitrogen and oxygen atoms in total. The fourth-order valence-corrected chi connectivity index (χ4v) is 2.96. The summed E-state index contributed by atoms with van der Waals surface area (Å²) in [6.07, 6.45) is 3.49. The van der Waals surface area contributed by atoms with Gasteiger partial charge in [-0.1, -0.05) is 24.3 Å². The zero-order valence-corrected chi connectivity index (χ0v) is 13.7. The minimum absolute atomic E-state index is 0.364. The van der Waals surface area contributed by atoms with E-state index in [0.29, 0.717) is 11.7 Å². The molecule has 1 aliphatic rings. The van der Waals surface area contributed by atoms with Crippen LogP contribution in [0.5, 0.6) is 5.75 Å². The van der Waals surface area contributed by atoms with E-state index in [4.69, 9.17) is 16.2 Å². The number of benzene rings is 2. The summed E-state index contributed by atoms with van der Waals surface area (Å²) in [5, 5.41) is 1.68. The first-order valence-electron chi connectivity index (χ1n) is 7.88. The van der Waals surface area contributed by atoms with Gasteiger partial charge in [-0.2, -0.15) is 0 Å². The molecule has 0 spiro atoms. The molecule has 0 bridgehead atoms.